The molecule has 3 rings (SSSR count). The van der Waals surface area contributed by atoms with Crippen LogP contribution in [0.5, 0.6) is 0 Å². The first-order valence-corrected chi connectivity index (χ1v) is 9.50. The minimum atomic E-state index is -0.195. The van der Waals surface area contributed by atoms with Gasteiger partial charge in [0.15, 0.2) is 0 Å². The number of halogens is 1. The highest BCUT2D eigenvalue weighted by molar-refractivity contribution is 5.71. The van der Waals surface area contributed by atoms with E-state index >= 15 is 4.39 Å². The average molecular weight is 372 g/mol. The number of allylic oxidation sites excluding steroid dienone is 2. The molecule has 0 radical (unpaired) electrons. The van der Waals surface area contributed by atoms with Crippen molar-refractivity contribution in [3.8, 4) is 22.3 Å². The summed E-state index contributed by atoms with van der Waals surface area (Å²) in [4.78, 5) is 0. The molecule has 0 unspecified atom stereocenters. The fourth-order valence-corrected chi connectivity index (χ4v) is 3.19. The van der Waals surface area contributed by atoms with Gasteiger partial charge in [0.2, 0.25) is 0 Å². The molecule has 0 aromatic heterocycles. The fraction of sp³-hybridized carbons (Fsp3) is 0.154. The fourth-order valence-electron chi connectivity index (χ4n) is 3.19. The molecule has 142 valence electrons. The molecule has 0 N–H and O–H groups in total. The first-order chi connectivity index (χ1) is 13.7. The van der Waals surface area contributed by atoms with Gasteiger partial charge >= 0.3 is 0 Å². The molecule has 0 aliphatic carbocycles. The average Bonchev–Trinajstić information content (AvgIpc) is 2.74. The summed E-state index contributed by atoms with van der Waals surface area (Å²) in [6.45, 7) is 6.63. The number of hydrogen-bond acceptors (Lipinski definition) is 1. The molecule has 0 aliphatic heterocycles. The van der Waals surface area contributed by atoms with Crippen LogP contribution in [0.25, 0.3) is 22.3 Å². The lowest BCUT2D eigenvalue weighted by molar-refractivity contribution is 0.148. The Bertz CT molecular complexity index is 940. The highest BCUT2D eigenvalue weighted by atomic mass is 19.1. The number of rotatable bonds is 8. The van der Waals surface area contributed by atoms with Gasteiger partial charge in [-0.25, -0.2) is 4.39 Å². The van der Waals surface area contributed by atoms with Gasteiger partial charge in [-0.15, -0.1) is 6.58 Å². The van der Waals surface area contributed by atoms with E-state index in [0.29, 0.717) is 30.8 Å². The van der Waals surface area contributed by atoms with Gasteiger partial charge in [0, 0.05) is 5.56 Å². The Morgan fingerprint density at radius 1 is 0.893 bits per heavy atom. The van der Waals surface area contributed by atoms with E-state index in [-0.39, 0.29) is 5.82 Å². The molecule has 28 heavy (non-hydrogen) atoms. The summed E-state index contributed by atoms with van der Waals surface area (Å²) in [6.07, 6.45) is 6.08. The first kappa shape index (κ1) is 19.8. The van der Waals surface area contributed by atoms with Gasteiger partial charge in [-0.2, -0.15) is 0 Å². The van der Waals surface area contributed by atoms with Crippen LogP contribution in [0.3, 0.4) is 0 Å². The van der Waals surface area contributed by atoms with E-state index < -0.39 is 0 Å². The third kappa shape index (κ3) is 4.65. The van der Waals surface area contributed by atoms with Gasteiger partial charge in [0.25, 0.3) is 0 Å². The lowest BCUT2D eigenvalue weighted by atomic mass is 9.95. The van der Waals surface area contributed by atoms with Crippen LogP contribution in [-0.2, 0) is 17.8 Å². The van der Waals surface area contributed by atoms with Crippen molar-refractivity contribution in [1.82, 2.24) is 0 Å². The Hall–Kier alpha value is -2.97. The second-order valence-electron chi connectivity index (χ2n) is 6.59. The van der Waals surface area contributed by atoms with E-state index in [0.717, 1.165) is 22.3 Å². The van der Waals surface area contributed by atoms with Crippen LogP contribution in [0.2, 0.25) is 0 Å². The predicted octanol–water partition coefficient (Wildman–Crippen LogP) is 6.98. The highest BCUT2D eigenvalue weighted by Crippen LogP contribution is 2.30. The summed E-state index contributed by atoms with van der Waals surface area (Å²) in [6, 6.07) is 22.0. The van der Waals surface area contributed by atoms with E-state index in [4.69, 9.17) is 4.74 Å². The molecule has 0 fully saturated rings. The minimum absolute atomic E-state index is 0.195. The van der Waals surface area contributed by atoms with Gasteiger partial charge in [0.05, 0.1) is 13.2 Å². The van der Waals surface area contributed by atoms with Crippen LogP contribution in [-0.4, -0.2) is 6.61 Å². The molecule has 0 spiro atoms. The van der Waals surface area contributed by atoms with Gasteiger partial charge in [-0.05, 0) is 41.2 Å². The van der Waals surface area contributed by atoms with E-state index in [1.165, 1.54) is 0 Å². The van der Waals surface area contributed by atoms with Crippen LogP contribution in [0.1, 0.15) is 18.1 Å². The summed E-state index contributed by atoms with van der Waals surface area (Å²) < 4.78 is 20.9. The third-order valence-electron chi connectivity index (χ3n) is 4.70. The topological polar surface area (TPSA) is 9.23 Å². The van der Waals surface area contributed by atoms with Crippen LogP contribution < -0.4 is 0 Å². The molecule has 0 heterocycles. The van der Waals surface area contributed by atoms with Crippen LogP contribution >= 0.6 is 0 Å². The Morgan fingerprint density at radius 2 is 1.57 bits per heavy atom. The third-order valence-corrected chi connectivity index (χ3v) is 4.70. The smallest absolute Gasteiger partial charge is 0.134 e. The molecule has 1 nitrogen and oxygen atoms in total. The maximum Gasteiger partial charge on any atom is 0.134 e. The second kappa shape index (κ2) is 9.82. The molecule has 0 amide bonds. The zero-order valence-electron chi connectivity index (χ0n) is 16.2. The summed E-state index contributed by atoms with van der Waals surface area (Å²) in [5.41, 5.74) is 5.25. The zero-order chi connectivity index (χ0) is 19.8. The summed E-state index contributed by atoms with van der Waals surface area (Å²) in [5, 5.41) is 0. The predicted molar refractivity (Wildman–Crippen MR) is 116 cm³/mol. The maximum atomic E-state index is 15.3. The van der Waals surface area contributed by atoms with Crippen molar-refractivity contribution < 1.29 is 9.13 Å². The maximum absolute atomic E-state index is 15.3. The Kier molecular flexibility index (Phi) is 6.94. The number of benzene rings is 3. The van der Waals surface area contributed by atoms with Crippen molar-refractivity contribution in [2.45, 2.75) is 20.0 Å². The molecule has 3 aromatic carbocycles. The highest BCUT2D eigenvalue weighted by Gasteiger charge is 2.14. The quantitative estimate of drug-likeness (QED) is 0.306. The molecule has 3 aromatic rings. The van der Waals surface area contributed by atoms with Crippen LogP contribution in [0.15, 0.2) is 91.5 Å². The van der Waals surface area contributed by atoms with Crippen molar-refractivity contribution in [2.24, 2.45) is 0 Å². The monoisotopic (exact) mass is 372 g/mol. The van der Waals surface area contributed by atoms with Crippen molar-refractivity contribution in [3.05, 3.63) is 108 Å². The summed E-state index contributed by atoms with van der Waals surface area (Å²) in [5.74, 6) is -0.195. The Labute approximate surface area is 166 Å². The zero-order valence-corrected chi connectivity index (χ0v) is 16.2. The SMILES string of the molecule is C=CCc1c(COC/C=C/C)ccc(-c2ccc(-c3ccccc3)cc2)c1F. The van der Waals surface area contributed by atoms with Crippen molar-refractivity contribution in [1.29, 1.82) is 0 Å². The Morgan fingerprint density at radius 3 is 2.25 bits per heavy atom. The normalized spacial score (nSPS) is 11.1. The largest absolute Gasteiger partial charge is 0.373 e. The molecule has 0 saturated carbocycles. The van der Waals surface area contributed by atoms with Gasteiger partial charge < -0.3 is 4.74 Å². The van der Waals surface area contributed by atoms with E-state index in [1.807, 2.05) is 73.7 Å². The summed E-state index contributed by atoms with van der Waals surface area (Å²) in [7, 11) is 0. The lowest BCUT2D eigenvalue weighted by Crippen LogP contribution is -2.02. The number of ether oxygens (including phenoxy) is 1. The molecular weight excluding hydrogens is 347 g/mol. The van der Waals surface area contributed by atoms with Crippen molar-refractivity contribution >= 4 is 0 Å². The minimum Gasteiger partial charge on any atom is -0.373 e. The van der Waals surface area contributed by atoms with Gasteiger partial charge in [-0.1, -0.05) is 85.0 Å². The van der Waals surface area contributed by atoms with Gasteiger partial charge in [0.1, 0.15) is 5.82 Å². The number of hydrogen-bond donors (Lipinski definition) is 0. The first-order valence-electron chi connectivity index (χ1n) is 9.50. The van der Waals surface area contributed by atoms with E-state index in [1.54, 1.807) is 6.08 Å². The lowest BCUT2D eigenvalue weighted by Gasteiger charge is -2.14. The van der Waals surface area contributed by atoms with Gasteiger partial charge in [-0.3, -0.25) is 0 Å². The molecule has 2 heteroatoms. The van der Waals surface area contributed by atoms with Crippen molar-refractivity contribution in [3.63, 3.8) is 0 Å². The molecular formula is C26H25FO. The standard InChI is InChI=1S/C26H25FO/c1-3-5-18-28-19-23-16-17-25(26(27)24(23)9-4-2)22-14-12-21(13-15-22)20-10-7-6-8-11-20/h3-8,10-17H,2,9,18-19H2,1H3/b5-3+. The van der Waals surface area contributed by atoms with Crippen LogP contribution in [0, 0.1) is 5.82 Å². The summed E-state index contributed by atoms with van der Waals surface area (Å²) >= 11 is 0. The molecule has 0 saturated heterocycles. The second-order valence-corrected chi connectivity index (χ2v) is 6.59. The molecule has 0 atom stereocenters. The van der Waals surface area contributed by atoms with Crippen molar-refractivity contribution in [2.75, 3.05) is 6.61 Å². The molecule has 0 aliphatic rings. The van der Waals surface area contributed by atoms with E-state index in [2.05, 4.69) is 18.7 Å². The molecule has 0 bridgehead atoms. The Balaban J connectivity index is 1.89. The van der Waals surface area contributed by atoms with E-state index in [9.17, 15) is 0 Å². The van der Waals surface area contributed by atoms with Crippen LogP contribution in [0.4, 0.5) is 4.39 Å².